The molecule has 1 aliphatic carbocycles. The van der Waals surface area contributed by atoms with E-state index >= 15 is 0 Å². The van der Waals surface area contributed by atoms with Gasteiger partial charge in [0.05, 0.1) is 49.3 Å². The lowest BCUT2D eigenvalue weighted by Crippen LogP contribution is -2.64. The van der Waals surface area contributed by atoms with Gasteiger partial charge in [0.25, 0.3) is 11.5 Å². The number of H-pyrrole nitrogens is 1. The van der Waals surface area contributed by atoms with E-state index in [1.165, 1.54) is 16.7 Å². The maximum absolute atomic E-state index is 13.7. The second kappa shape index (κ2) is 11.6. The minimum atomic E-state index is -4.90. The highest BCUT2D eigenvalue weighted by Gasteiger charge is 2.48. The first-order valence-electron chi connectivity index (χ1n) is 14.0. The molecule has 0 spiro atoms. The molecule has 2 aromatic heterocycles. The first kappa shape index (κ1) is 31.5. The Kier molecular flexibility index (Phi) is 8.28. The smallest absolute Gasteiger partial charge is 0.379 e. The Balaban J connectivity index is 1.19. The molecule has 1 saturated carbocycles. The number of nitrogens with one attached hydrogen (secondary N) is 2. The number of anilines is 3. The fraction of sp³-hybridized carbons (Fsp3) is 0.593. The Morgan fingerprint density at radius 3 is 2.55 bits per heavy atom. The highest BCUT2D eigenvalue weighted by atomic mass is 19.4. The number of carbonyl (C=O) groups is 2. The number of hydrogen-bond acceptors (Lipinski definition) is 8. The van der Waals surface area contributed by atoms with Crippen molar-refractivity contribution in [3.63, 3.8) is 0 Å². The second-order valence-electron chi connectivity index (χ2n) is 11.7. The molecule has 2 aromatic rings. The van der Waals surface area contributed by atoms with Gasteiger partial charge in [-0.15, -0.1) is 0 Å². The number of pyridine rings is 1. The molecule has 0 radical (unpaired) electrons. The first-order chi connectivity index (χ1) is 20.6. The molecule has 11 nitrogen and oxygen atoms in total. The molecule has 3 aliphatic rings. The summed E-state index contributed by atoms with van der Waals surface area (Å²) in [5.74, 6) is -0.441. The van der Waals surface area contributed by atoms with E-state index in [0.29, 0.717) is 0 Å². The molecule has 0 unspecified atom stereocenters. The number of aromatic nitrogens is 3. The van der Waals surface area contributed by atoms with Gasteiger partial charge in [0.1, 0.15) is 11.6 Å². The van der Waals surface area contributed by atoms with Crippen LogP contribution in [-0.2, 0) is 26.7 Å². The molecule has 2 atom stereocenters. The fourth-order valence-corrected chi connectivity index (χ4v) is 5.38. The summed E-state index contributed by atoms with van der Waals surface area (Å²) in [5.41, 5.74) is -4.32. The molecule has 2 N–H and O–H groups in total. The van der Waals surface area contributed by atoms with Crippen molar-refractivity contribution in [2.45, 2.75) is 57.5 Å². The van der Waals surface area contributed by atoms with Gasteiger partial charge in [0.15, 0.2) is 5.82 Å². The summed E-state index contributed by atoms with van der Waals surface area (Å²) in [6, 6.07) is -0.520. The standard InChI is InChI=1S/C27H31F6N7O4/c1-15(36-17-11-35-37-23(42)21(17)27(31,32)33)13-44-8-3-20(41)38-6-7-39-19(12-38)24(43)40(14-25(2)4-5-25)18-9-16(26(28,29)30)10-34-22(18)39/h9-11,15,19H,3-8,12-14H2,1-2H3,(H2,36,37,42)/t15-,19-/m0/s1. The SMILES string of the molecule is C[C@@H](COCCC(=O)N1CCN2c3ncc(C(F)(F)F)cc3N(CC3(C)CC3)C(=O)[C@@H]2C1)Nc1cn[nH]c(=O)c1C(F)(F)F. The summed E-state index contributed by atoms with van der Waals surface area (Å²) in [4.78, 5) is 46.9. The van der Waals surface area contributed by atoms with Gasteiger partial charge >= 0.3 is 12.4 Å². The van der Waals surface area contributed by atoms with Crippen molar-refractivity contribution in [2.24, 2.45) is 5.41 Å². The molecule has 0 bridgehead atoms. The van der Waals surface area contributed by atoms with Gasteiger partial charge < -0.3 is 24.8 Å². The van der Waals surface area contributed by atoms with Crippen molar-refractivity contribution in [2.75, 3.05) is 54.5 Å². The number of nitrogens with zero attached hydrogens (tertiary/aromatic N) is 5. The normalized spacial score (nSPS) is 20.2. The molecule has 17 heteroatoms. The zero-order chi connectivity index (χ0) is 32.0. The van der Waals surface area contributed by atoms with Crippen LogP contribution in [0.3, 0.4) is 0 Å². The van der Waals surface area contributed by atoms with Crippen LogP contribution in [0.5, 0.6) is 0 Å². The molecule has 240 valence electrons. The second-order valence-corrected chi connectivity index (χ2v) is 11.7. The summed E-state index contributed by atoms with van der Waals surface area (Å²) >= 11 is 0. The van der Waals surface area contributed by atoms with E-state index in [0.717, 1.165) is 31.3 Å². The van der Waals surface area contributed by atoms with Crippen LogP contribution in [-0.4, -0.2) is 83.4 Å². The predicted octanol–water partition coefficient (Wildman–Crippen LogP) is 3.27. The highest BCUT2D eigenvalue weighted by Crippen LogP contribution is 2.48. The number of alkyl halides is 6. The van der Waals surface area contributed by atoms with Gasteiger partial charge in [-0.2, -0.15) is 31.4 Å². The maximum Gasteiger partial charge on any atom is 0.423 e. The quantitative estimate of drug-likeness (QED) is 0.320. The van der Waals surface area contributed by atoms with Crippen molar-refractivity contribution in [3.05, 3.63) is 39.9 Å². The minimum absolute atomic E-state index is 0.0146. The summed E-state index contributed by atoms with van der Waals surface area (Å²) in [6.45, 7) is 4.02. The van der Waals surface area contributed by atoms with Crippen LogP contribution in [0.2, 0.25) is 0 Å². The number of rotatable bonds is 9. The predicted molar refractivity (Wildman–Crippen MR) is 145 cm³/mol. The van der Waals surface area contributed by atoms with E-state index in [9.17, 15) is 40.7 Å². The van der Waals surface area contributed by atoms with Crippen molar-refractivity contribution in [3.8, 4) is 0 Å². The average Bonchev–Trinajstić information content (AvgIpc) is 3.68. The van der Waals surface area contributed by atoms with Crippen LogP contribution < -0.4 is 20.7 Å². The molecule has 2 aliphatic heterocycles. The van der Waals surface area contributed by atoms with Crippen LogP contribution in [0.4, 0.5) is 43.5 Å². The number of aromatic amines is 1. The summed E-state index contributed by atoms with van der Waals surface area (Å²) in [5, 5.41) is 7.70. The molecule has 5 rings (SSSR count). The van der Waals surface area contributed by atoms with E-state index in [1.54, 1.807) is 10.00 Å². The van der Waals surface area contributed by atoms with Crippen LogP contribution >= 0.6 is 0 Å². The third kappa shape index (κ3) is 6.61. The molecule has 4 heterocycles. The lowest BCUT2D eigenvalue weighted by atomic mass is 10.0. The number of piperazine rings is 1. The zero-order valence-corrected chi connectivity index (χ0v) is 23.9. The summed E-state index contributed by atoms with van der Waals surface area (Å²) < 4.78 is 85.7. The number of amides is 2. The highest BCUT2D eigenvalue weighted by molar-refractivity contribution is 6.05. The lowest BCUT2D eigenvalue weighted by Gasteiger charge is -2.47. The number of fused-ring (bicyclic) bond motifs is 3. The lowest BCUT2D eigenvalue weighted by molar-refractivity contribution is -0.138. The molecule has 2 fully saturated rings. The van der Waals surface area contributed by atoms with Crippen molar-refractivity contribution < 1.29 is 40.7 Å². The van der Waals surface area contributed by atoms with Crippen molar-refractivity contribution >= 4 is 29.0 Å². The van der Waals surface area contributed by atoms with E-state index in [-0.39, 0.29) is 68.6 Å². The number of carbonyl (C=O) groups excluding carboxylic acids is 2. The Morgan fingerprint density at radius 2 is 1.89 bits per heavy atom. The number of halogens is 6. The van der Waals surface area contributed by atoms with Gasteiger partial charge in [0, 0.05) is 31.9 Å². The summed E-state index contributed by atoms with van der Waals surface area (Å²) in [7, 11) is 0. The monoisotopic (exact) mass is 631 g/mol. The molecule has 0 aromatic carbocycles. The van der Waals surface area contributed by atoms with Crippen LogP contribution in [0.1, 0.15) is 44.2 Å². The molecule has 1 saturated heterocycles. The Hall–Kier alpha value is -3.89. The Bertz CT molecular complexity index is 1480. The third-order valence-electron chi connectivity index (χ3n) is 8.03. The third-order valence-corrected chi connectivity index (χ3v) is 8.03. The van der Waals surface area contributed by atoms with Gasteiger partial charge in [-0.1, -0.05) is 6.92 Å². The van der Waals surface area contributed by atoms with E-state index in [4.69, 9.17) is 4.74 Å². The van der Waals surface area contributed by atoms with Crippen LogP contribution in [0.25, 0.3) is 0 Å². The van der Waals surface area contributed by atoms with E-state index < -0.39 is 52.7 Å². The van der Waals surface area contributed by atoms with Gasteiger partial charge in [0.2, 0.25) is 5.91 Å². The fourth-order valence-electron chi connectivity index (χ4n) is 5.38. The molecular weight excluding hydrogens is 600 g/mol. The van der Waals surface area contributed by atoms with Crippen molar-refractivity contribution in [1.29, 1.82) is 0 Å². The van der Waals surface area contributed by atoms with Crippen LogP contribution in [0.15, 0.2) is 23.3 Å². The molecule has 44 heavy (non-hydrogen) atoms. The number of ether oxygens (including phenoxy) is 1. The number of hydrogen-bond donors (Lipinski definition) is 2. The topological polar surface area (TPSA) is 124 Å². The zero-order valence-electron chi connectivity index (χ0n) is 23.9. The molecular formula is C27H31F6N7O4. The molecule has 2 amide bonds. The van der Waals surface area contributed by atoms with E-state index in [2.05, 4.69) is 15.4 Å². The van der Waals surface area contributed by atoms with E-state index in [1.807, 2.05) is 6.92 Å². The Labute approximate surface area is 247 Å². The first-order valence-corrected chi connectivity index (χ1v) is 14.0. The van der Waals surface area contributed by atoms with Crippen molar-refractivity contribution in [1.82, 2.24) is 20.1 Å². The van der Waals surface area contributed by atoms with Crippen LogP contribution in [0, 0.1) is 5.41 Å². The summed E-state index contributed by atoms with van der Waals surface area (Å²) in [6.07, 6.45) is -6.30. The Morgan fingerprint density at radius 1 is 1.16 bits per heavy atom. The van der Waals surface area contributed by atoms with Gasteiger partial charge in [-0.05, 0) is 31.2 Å². The van der Waals surface area contributed by atoms with Gasteiger partial charge in [-0.3, -0.25) is 14.4 Å². The maximum atomic E-state index is 13.7. The average molecular weight is 632 g/mol. The largest absolute Gasteiger partial charge is 0.423 e. The minimum Gasteiger partial charge on any atom is -0.379 e. The van der Waals surface area contributed by atoms with Gasteiger partial charge in [-0.25, -0.2) is 10.1 Å².